The van der Waals surface area contributed by atoms with Gasteiger partial charge in [-0.2, -0.15) is 0 Å². The highest BCUT2D eigenvalue weighted by molar-refractivity contribution is 5.96. The lowest BCUT2D eigenvalue weighted by Gasteiger charge is -2.28. The molecule has 20 heteroatoms. The number of aromatic amines is 1. The number of aliphatic hydroxyl groups excluding tert-OH is 1. The maximum Gasteiger partial charge on any atom is 0.328 e. The summed E-state index contributed by atoms with van der Waals surface area (Å²) in [6.45, 7) is 5.77. The highest BCUT2D eigenvalue weighted by Crippen LogP contribution is 2.19. The molecule has 0 aliphatic heterocycles. The van der Waals surface area contributed by atoms with Crippen LogP contribution in [0.15, 0.2) is 35.5 Å². The molecule has 0 saturated heterocycles. The molecule has 0 spiro atoms. The van der Waals surface area contributed by atoms with Crippen LogP contribution >= 0.6 is 0 Å². The number of aliphatic imine (C=N–C) groups is 1. The van der Waals surface area contributed by atoms with E-state index in [-0.39, 0.29) is 44.6 Å². The summed E-state index contributed by atoms with van der Waals surface area (Å²) in [5.41, 5.74) is 24.0. The van der Waals surface area contributed by atoms with E-state index in [0.29, 0.717) is 0 Å². The number of fused-ring (bicyclic) bond motifs is 1. The number of carbonyl (C=O) groups excluding carboxylic acids is 6. The normalized spacial score (nSPS) is 15.0. The first kappa shape index (κ1) is 44.4. The molecule has 2 rings (SSSR count). The molecule has 7 atom stereocenters. The lowest BCUT2D eigenvalue weighted by atomic mass is 10.0. The van der Waals surface area contributed by atoms with Crippen molar-refractivity contribution in [2.45, 2.75) is 102 Å². The molecule has 0 radical (unpaired) electrons. The van der Waals surface area contributed by atoms with Crippen molar-refractivity contribution in [3.8, 4) is 0 Å². The molecule has 54 heavy (non-hydrogen) atoms. The minimum Gasteiger partial charge on any atom is -0.480 e. The minimum atomic E-state index is -1.67. The van der Waals surface area contributed by atoms with Gasteiger partial charge in [0.2, 0.25) is 35.4 Å². The van der Waals surface area contributed by atoms with Gasteiger partial charge in [-0.1, -0.05) is 32.0 Å². The largest absolute Gasteiger partial charge is 0.480 e. The third kappa shape index (κ3) is 14.0. The van der Waals surface area contributed by atoms with E-state index >= 15 is 0 Å². The smallest absolute Gasteiger partial charge is 0.328 e. The highest BCUT2D eigenvalue weighted by Gasteiger charge is 2.34. The maximum atomic E-state index is 13.5. The van der Waals surface area contributed by atoms with Gasteiger partial charge in [-0.25, -0.2) is 4.79 Å². The Balaban J connectivity index is 2.18. The van der Waals surface area contributed by atoms with Crippen molar-refractivity contribution < 1.29 is 43.8 Å². The van der Waals surface area contributed by atoms with Crippen molar-refractivity contribution >= 4 is 58.3 Å². The van der Waals surface area contributed by atoms with Crippen molar-refractivity contribution in [1.82, 2.24) is 31.6 Å². The molecule has 1 heterocycles. The first-order valence-corrected chi connectivity index (χ1v) is 17.4. The zero-order valence-electron chi connectivity index (χ0n) is 30.8. The Morgan fingerprint density at radius 2 is 1.37 bits per heavy atom. The van der Waals surface area contributed by atoms with Gasteiger partial charge in [0.15, 0.2) is 12.0 Å². The number of nitrogens with one attached hydrogen (secondary N) is 6. The summed E-state index contributed by atoms with van der Waals surface area (Å²) < 4.78 is 0. The van der Waals surface area contributed by atoms with Gasteiger partial charge in [-0.15, -0.1) is 0 Å². The first-order valence-electron chi connectivity index (χ1n) is 17.4. The number of hydrogen-bond donors (Lipinski definition) is 12. The number of aliphatic hydroxyl groups is 1. The maximum absolute atomic E-state index is 13.5. The number of aliphatic carboxylic acids is 1. The van der Waals surface area contributed by atoms with Gasteiger partial charge in [0.05, 0.1) is 12.1 Å². The third-order valence-corrected chi connectivity index (χ3v) is 8.39. The molecule has 0 aliphatic carbocycles. The number of primary amides is 1. The molecule has 16 N–H and O–H groups in total. The number of carbonyl (C=O) groups is 7. The summed E-state index contributed by atoms with van der Waals surface area (Å²) in [6, 6.07) is -0.426. The summed E-state index contributed by atoms with van der Waals surface area (Å²) in [5.74, 6) is -7.10. The number of guanidine groups is 1. The number of carboxylic acids is 1. The molecule has 298 valence electrons. The van der Waals surface area contributed by atoms with Crippen molar-refractivity contribution in [3.05, 3.63) is 36.0 Å². The van der Waals surface area contributed by atoms with Gasteiger partial charge in [-0.05, 0) is 57.1 Å². The second-order valence-corrected chi connectivity index (χ2v) is 13.3. The quantitative estimate of drug-likeness (QED) is 0.0323. The number of nitrogens with zero attached hydrogens (tertiary/aromatic N) is 1. The lowest BCUT2D eigenvalue weighted by Crippen LogP contribution is -2.60. The van der Waals surface area contributed by atoms with Crippen LogP contribution in [0.1, 0.15) is 58.9 Å². The molecule has 0 bridgehead atoms. The fraction of sp³-hybridized carbons (Fsp3) is 0.529. The summed E-state index contributed by atoms with van der Waals surface area (Å²) in [5, 5.41) is 32.2. The Kier molecular flexibility index (Phi) is 17.3. The Hall–Kier alpha value is -5.76. The zero-order chi connectivity index (χ0) is 40.7. The number of H-pyrrole nitrogens is 1. The average molecular weight is 760 g/mol. The number of aromatic nitrogens is 1. The van der Waals surface area contributed by atoms with Crippen LogP contribution in [-0.2, 0) is 40.0 Å². The molecule has 20 nitrogen and oxygen atoms in total. The zero-order valence-corrected chi connectivity index (χ0v) is 30.8. The number of carboxylic acid groups (broad SMARTS) is 1. The Labute approximate surface area is 312 Å². The van der Waals surface area contributed by atoms with Gasteiger partial charge in [0.1, 0.15) is 24.2 Å². The van der Waals surface area contributed by atoms with E-state index in [2.05, 4.69) is 36.6 Å². The SMILES string of the molecule is CC(C)[C@H](NC(=O)[C@H](CCC(N)=O)NC(=O)[C@H](C)NC(=O)[C@H](CCCN=C(N)N)NC(=O)[C@@H](N)Cc1c[nH]c2ccccc12)C(=O)N[C@H](C(=O)O)[C@@H](C)O. The molecule has 1 aromatic heterocycles. The number of amides is 6. The van der Waals surface area contributed by atoms with Crippen molar-refractivity contribution in [2.24, 2.45) is 33.8 Å². The predicted octanol–water partition coefficient (Wildman–Crippen LogP) is -3.08. The summed E-state index contributed by atoms with van der Waals surface area (Å²) in [6.07, 6.45) is 0.140. The third-order valence-electron chi connectivity index (χ3n) is 8.39. The van der Waals surface area contributed by atoms with Crippen LogP contribution in [0.25, 0.3) is 10.9 Å². The molecule has 0 aliphatic rings. The number of nitrogens with two attached hydrogens (primary N) is 4. The molecule has 6 amide bonds. The standard InChI is InChI=1S/C34H53N11O9/c1-16(2)26(32(52)45-27(18(4)46)33(53)54)44-31(51)24(11-12-25(36)47)42-28(48)17(3)41-30(50)23(10-7-13-39-34(37)38)43-29(49)21(35)14-19-15-40-22-9-6-5-8-20(19)22/h5-6,8-9,15-18,21,23-24,26-27,40,46H,7,10-14,35H2,1-4H3,(H2,36,47)(H,41,50)(H,42,48)(H,43,49)(H,44,51)(H,45,52)(H,53,54)(H4,37,38,39)/t17-,18+,21-,23-,24-,26-,27-/m0/s1. The molecular weight excluding hydrogens is 706 g/mol. The van der Waals surface area contributed by atoms with E-state index in [9.17, 15) is 43.8 Å². The van der Waals surface area contributed by atoms with Gasteiger partial charge in [0.25, 0.3) is 0 Å². The van der Waals surface area contributed by atoms with Crippen LogP contribution in [0.4, 0.5) is 0 Å². The van der Waals surface area contributed by atoms with E-state index in [1.54, 1.807) is 20.0 Å². The molecular formula is C34H53N11O9. The summed E-state index contributed by atoms with van der Waals surface area (Å²) in [4.78, 5) is 96.4. The van der Waals surface area contributed by atoms with Crippen LogP contribution in [0, 0.1) is 5.92 Å². The highest BCUT2D eigenvalue weighted by atomic mass is 16.4. The van der Waals surface area contributed by atoms with Crippen molar-refractivity contribution in [2.75, 3.05) is 6.54 Å². The number of hydrogen-bond acceptors (Lipinski definition) is 10. The second-order valence-electron chi connectivity index (χ2n) is 13.3. The second kappa shape index (κ2) is 21.1. The van der Waals surface area contributed by atoms with Gasteiger partial charge >= 0.3 is 5.97 Å². The molecule has 2 aromatic rings. The Morgan fingerprint density at radius 3 is 1.96 bits per heavy atom. The Morgan fingerprint density at radius 1 is 0.778 bits per heavy atom. The minimum absolute atomic E-state index is 0.0581. The van der Waals surface area contributed by atoms with E-state index in [0.717, 1.165) is 16.5 Å². The van der Waals surface area contributed by atoms with E-state index < -0.39 is 89.7 Å². The molecule has 1 aromatic carbocycles. The van der Waals surface area contributed by atoms with E-state index in [1.165, 1.54) is 13.8 Å². The van der Waals surface area contributed by atoms with E-state index in [1.807, 2.05) is 24.3 Å². The van der Waals surface area contributed by atoms with Gasteiger partial charge in [-0.3, -0.25) is 33.8 Å². The van der Waals surface area contributed by atoms with Crippen LogP contribution in [0.5, 0.6) is 0 Å². The Bertz CT molecular complexity index is 1670. The molecule has 0 saturated carbocycles. The summed E-state index contributed by atoms with van der Waals surface area (Å²) in [7, 11) is 0. The van der Waals surface area contributed by atoms with E-state index in [4.69, 9.17) is 22.9 Å². The van der Waals surface area contributed by atoms with Crippen molar-refractivity contribution in [1.29, 1.82) is 0 Å². The van der Waals surface area contributed by atoms with Gasteiger partial charge < -0.3 is 64.7 Å². The van der Waals surface area contributed by atoms with Gasteiger partial charge in [0, 0.05) is 30.1 Å². The predicted molar refractivity (Wildman–Crippen MR) is 198 cm³/mol. The fourth-order valence-electron chi connectivity index (χ4n) is 5.33. The summed E-state index contributed by atoms with van der Waals surface area (Å²) >= 11 is 0. The molecule has 0 fully saturated rings. The van der Waals surface area contributed by atoms with Crippen LogP contribution in [-0.4, -0.2) is 111 Å². The number of para-hydroxylation sites is 1. The monoisotopic (exact) mass is 759 g/mol. The van der Waals surface area contributed by atoms with Crippen LogP contribution in [0.3, 0.4) is 0 Å². The first-order chi connectivity index (χ1) is 25.3. The molecule has 0 unspecified atom stereocenters. The number of rotatable bonds is 22. The van der Waals surface area contributed by atoms with Crippen molar-refractivity contribution in [3.63, 3.8) is 0 Å². The average Bonchev–Trinajstić information content (AvgIpc) is 3.50. The topological polar surface area (TPSA) is 352 Å². The lowest BCUT2D eigenvalue weighted by molar-refractivity contribution is -0.145. The fourth-order valence-corrected chi connectivity index (χ4v) is 5.33. The van der Waals surface area contributed by atoms with Crippen LogP contribution in [0.2, 0.25) is 0 Å². The number of benzene rings is 1. The van der Waals surface area contributed by atoms with Crippen LogP contribution < -0.4 is 49.5 Å².